The molecule has 0 radical (unpaired) electrons. The second-order valence-electron chi connectivity index (χ2n) is 7.21. The number of hydrogen-bond acceptors (Lipinski definition) is 2. The Balaban J connectivity index is 2.26. The monoisotopic (exact) mass is 351 g/mol. The fourth-order valence-electron chi connectivity index (χ4n) is 2.92. The Morgan fingerprint density at radius 1 is 1.04 bits per heavy atom. The highest BCUT2D eigenvalue weighted by atomic mass is 19.1. The molecule has 0 bridgehead atoms. The third-order valence-corrected chi connectivity index (χ3v) is 3.90. The standard InChI is InChI=1S/C21H22FN3O/c1-14(23-21(2,3)4)18-19(15-8-6-5-7-9-15)24-25(20(18)26)17-12-10-16(22)11-13-17/h5-13,24H,1-4H3. The largest absolute Gasteiger partial charge is 0.290 e. The van der Waals surface area contributed by atoms with E-state index >= 15 is 0 Å². The fourth-order valence-corrected chi connectivity index (χ4v) is 2.92. The van der Waals surface area contributed by atoms with Crippen molar-refractivity contribution in [2.75, 3.05) is 0 Å². The Labute approximate surface area is 152 Å². The topological polar surface area (TPSA) is 50.1 Å². The van der Waals surface area contributed by atoms with Gasteiger partial charge in [-0.1, -0.05) is 30.3 Å². The number of nitrogens with one attached hydrogen (secondary N) is 1. The number of nitrogens with zero attached hydrogens (tertiary/aromatic N) is 2. The zero-order valence-electron chi connectivity index (χ0n) is 15.4. The molecule has 0 saturated carbocycles. The number of aromatic nitrogens is 2. The van der Waals surface area contributed by atoms with Crippen LogP contribution in [0.5, 0.6) is 0 Å². The first-order chi connectivity index (χ1) is 12.3. The van der Waals surface area contributed by atoms with Crippen molar-refractivity contribution in [3.63, 3.8) is 0 Å². The fraction of sp³-hybridized carbons (Fsp3) is 0.238. The smallest absolute Gasteiger partial charge is 0.280 e. The van der Waals surface area contributed by atoms with Crippen LogP contribution in [0.3, 0.4) is 0 Å². The van der Waals surface area contributed by atoms with Crippen LogP contribution in [0.4, 0.5) is 4.39 Å². The van der Waals surface area contributed by atoms with Crippen LogP contribution in [0.15, 0.2) is 64.4 Å². The van der Waals surface area contributed by atoms with Gasteiger partial charge in [-0.2, -0.15) is 0 Å². The zero-order valence-corrected chi connectivity index (χ0v) is 15.4. The van der Waals surface area contributed by atoms with Gasteiger partial charge in [-0.25, -0.2) is 9.07 Å². The number of aromatic amines is 1. The molecular formula is C21H22FN3O. The number of aliphatic imine (C=N–C) groups is 1. The minimum atomic E-state index is -0.345. The number of benzene rings is 2. The molecule has 1 aromatic heterocycles. The predicted octanol–water partition coefficient (Wildman–Crippen LogP) is 4.58. The van der Waals surface area contributed by atoms with Gasteiger partial charge < -0.3 is 0 Å². The van der Waals surface area contributed by atoms with Crippen LogP contribution < -0.4 is 5.56 Å². The highest BCUT2D eigenvalue weighted by molar-refractivity contribution is 6.03. The third-order valence-electron chi connectivity index (χ3n) is 3.90. The molecule has 0 aliphatic carbocycles. The first-order valence-electron chi connectivity index (χ1n) is 8.49. The Bertz CT molecular complexity index is 990. The zero-order chi connectivity index (χ0) is 18.9. The van der Waals surface area contributed by atoms with E-state index in [0.717, 1.165) is 5.56 Å². The summed E-state index contributed by atoms with van der Waals surface area (Å²) in [5.41, 5.74) is 2.84. The van der Waals surface area contributed by atoms with Crippen molar-refractivity contribution in [3.05, 3.63) is 76.3 Å². The lowest BCUT2D eigenvalue weighted by Gasteiger charge is -2.13. The molecule has 4 nitrogen and oxygen atoms in total. The average molecular weight is 351 g/mol. The van der Waals surface area contributed by atoms with Gasteiger partial charge in [0.2, 0.25) is 0 Å². The second kappa shape index (κ2) is 6.75. The van der Waals surface area contributed by atoms with Crippen molar-refractivity contribution in [2.24, 2.45) is 4.99 Å². The molecule has 0 saturated heterocycles. The molecule has 3 rings (SSSR count). The van der Waals surface area contributed by atoms with Crippen LogP contribution in [-0.2, 0) is 0 Å². The van der Waals surface area contributed by atoms with Crippen LogP contribution in [0, 0.1) is 5.82 Å². The van der Waals surface area contributed by atoms with E-state index in [1.54, 1.807) is 12.1 Å². The van der Waals surface area contributed by atoms with E-state index in [0.29, 0.717) is 22.7 Å². The third kappa shape index (κ3) is 3.67. The van der Waals surface area contributed by atoms with E-state index in [1.807, 2.05) is 58.0 Å². The summed E-state index contributed by atoms with van der Waals surface area (Å²) in [6, 6.07) is 15.5. The van der Waals surface area contributed by atoms with Crippen molar-refractivity contribution < 1.29 is 4.39 Å². The maximum Gasteiger partial charge on any atom is 0.280 e. The summed E-state index contributed by atoms with van der Waals surface area (Å²) in [7, 11) is 0. The van der Waals surface area contributed by atoms with Gasteiger partial charge in [-0.05, 0) is 52.0 Å². The summed E-state index contributed by atoms with van der Waals surface area (Å²) >= 11 is 0. The SMILES string of the molecule is CC(=NC(C)(C)C)c1c(-c2ccccc2)[nH]n(-c2ccc(F)cc2)c1=O. The molecule has 134 valence electrons. The average Bonchev–Trinajstić information content (AvgIpc) is 2.92. The van der Waals surface area contributed by atoms with E-state index in [1.165, 1.54) is 16.8 Å². The van der Waals surface area contributed by atoms with Gasteiger partial charge in [0.15, 0.2) is 0 Å². The molecule has 3 aromatic rings. The minimum absolute atomic E-state index is 0.207. The maximum absolute atomic E-state index is 13.2. The minimum Gasteiger partial charge on any atom is -0.290 e. The van der Waals surface area contributed by atoms with E-state index in [4.69, 9.17) is 0 Å². The lowest BCUT2D eigenvalue weighted by molar-refractivity contribution is 0.584. The molecule has 0 fully saturated rings. The van der Waals surface area contributed by atoms with Gasteiger partial charge in [-0.3, -0.25) is 14.9 Å². The Morgan fingerprint density at radius 3 is 2.23 bits per heavy atom. The molecule has 0 unspecified atom stereocenters. The molecule has 0 spiro atoms. The summed E-state index contributed by atoms with van der Waals surface area (Å²) in [5, 5.41) is 3.17. The summed E-state index contributed by atoms with van der Waals surface area (Å²) in [6.07, 6.45) is 0. The Kier molecular flexibility index (Phi) is 4.64. The molecule has 0 amide bonds. The Morgan fingerprint density at radius 2 is 1.65 bits per heavy atom. The molecule has 1 heterocycles. The van der Waals surface area contributed by atoms with Crippen molar-refractivity contribution in [1.82, 2.24) is 9.78 Å². The van der Waals surface area contributed by atoms with Crippen LogP contribution in [0.1, 0.15) is 33.3 Å². The Hall–Kier alpha value is -2.95. The molecule has 1 N–H and O–H groups in total. The van der Waals surface area contributed by atoms with Gasteiger partial charge in [-0.15, -0.1) is 0 Å². The number of rotatable bonds is 3. The van der Waals surface area contributed by atoms with E-state index < -0.39 is 0 Å². The molecule has 0 aliphatic rings. The van der Waals surface area contributed by atoms with Gasteiger partial charge in [0.05, 0.1) is 22.5 Å². The lowest BCUT2D eigenvalue weighted by atomic mass is 10.0. The molecule has 2 aromatic carbocycles. The molecule has 0 aliphatic heterocycles. The highest BCUT2D eigenvalue weighted by Crippen LogP contribution is 2.22. The number of H-pyrrole nitrogens is 1. The van der Waals surface area contributed by atoms with Crippen LogP contribution in [-0.4, -0.2) is 21.0 Å². The summed E-state index contributed by atoms with van der Waals surface area (Å²) in [6.45, 7) is 7.81. The van der Waals surface area contributed by atoms with Crippen molar-refractivity contribution in [1.29, 1.82) is 0 Å². The van der Waals surface area contributed by atoms with Gasteiger partial charge in [0, 0.05) is 11.3 Å². The van der Waals surface area contributed by atoms with Gasteiger partial charge in [0.1, 0.15) is 5.82 Å². The maximum atomic E-state index is 13.2. The lowest BCUT2D eigenvalue weighted by Crippen LogP contribution is -2.22. The molecular weight excluding hydrogens is 329 g/mol. The normalized spacial score (nSPS) is 12.4. The van der Waals surface area contributed by atoms with Crippen LogP contribution >= 0.6 is 0 Å². The van der Waals surface area contributed by atoms with Crippen molar-refractivity contribution in [3.8, 4) is 16.9 Å². The van der Waals surface area contributed by atoms with E-state index in [-0.39, 0.29) is 16.9 Å². The van der Waals surface area contributed by atoms with E-state index in [2.05, 4.69) is 10.1 Å². The molecule has 26 heavy (non-hydrogen) atoms. The summed E-state index contributed by atoms with van der Waals surface area (Å²) in [5.74, 6) is -0.345. The second-order valence-corrected chi connectivity index (χ2v) is 7.21. The number of hydrogen-bond donors (Lipinski definition) is 1. The van der Waals surface area contributed by atoms with Crippen LogP contribution in [0.2, 0.25) is 0 Å². The van der Waals surface area contributed by atoms with Gasteiger partial charge in [0.25, 0.3) is 5.56 Å². The first kappa shape index (κ1) is 17.9. The first-order valence-corrected chi connectivity index (χ1v) is 8.49. The molecule has 5 heteroatoms. The van der Waals surface area contributed by atoms with Gasteiger partial charge >= 0.3 is 0 Å². The quantitative estimate of drug-likeness (QED) is 0.690. The van der Waals surface area contributed by atoms with Crippen molar-refractivity contribution >= 4 is 5.71 Å². The number of halogens is 1. The van der Waals surface area contributed by atoms with Crippen molar-refractivity contribution in [2.45, 2.75) is 33.2 Å². The highest BCUT2D eigenvalue weighted by Gasteiger charge is 2.20. The summed E-state index contributed by atoms with van der Waals surface area (Å²) < 4.78 is 14.7. The predicted molar refractivity (Wildman–Crippen MR) is 104 cm³/mol. The molecule has 0 atom stereocenters. The summed E-state index contributed by atoms with van der Waals surface area (Å²) in [4.78, 5) is 17.8. The van der Waals surface area contributed by atoms with Crippen LogP contribution in [0.25, 0.3) is 16.9 Å². The van der Waals surface area contributed by atoms with E-state index in [9.17, 15) is 9.18 Å².